The quantitative estimate of drug-likeness (QED) is 0.421. The predicted octanol–water partition coefficient (Wildman–Crippen LogP) is 5.74. The van der Waals surface area contributed by atoms with E-state index < -0.39 is 8.32 Å². The van der Waals surface area contributed by atoms with E-state index in [0.717, 1.165) is 19.4 Å². The third-order valence-electron chi connectivity index (χ3n) is 4.24. The Hall–Kier alpha value is -0.643. The maximum atomic E-state index is 6.55. The second-order valence-corrected chi connectivity index (χ2v) is 12.3. The summed E-state index contributed by atoms with van der Waals surface area (Å²) in [4.78, 5) is 2.64. The maximum Gasteiger partial charge on any atom is 0.184 e. The van der Waals surface area contributed by atoms with Gasteiger partial charge < -0.3 is 9.33 Å². The standard InChI is InChI=1S/C21H39NOSi/c1-6-8-17-22(18-9-7-2)19-21(23-24(3,4)5)16-15-20-13-11-10-12-14-20/h10-14,21H,6-9,15-19H2,1-5H3. The van der Waals surface area contributed by atoms with Crippen LogP contribution in [0.15, 0.2) is 30.3 Å². The van der Waals surface area contributed by atoms with Crippen LogP contribution in [0.25, 0.3) is 0 Å². The van der Waals surface area contributed by atoms with Gasteiger partial charge in [-0.3, -0.25) is 0 Å². The monoisotopic (exact) mass is 349 g/mol. The van der Waals surface area contributed by atoms with Gasteiger partial charge in [0.1, 0.15) is 0 Å². The van der Waals surface area contributed by atoms with Gasteiger partial charge in [0.25, 0.3) is 0 Å². The highest BCUT2D eigenvalue weighted by Gasteiger charge is 2.23. The summed E-state index contributed by atoms with van der Waals surface area (Å²) in [5, 5.41) is 0. The van der Waals surface area contributed by atoms with Gasteiger partial charge in [-0.15, -0.1) is 0 Å². The van der Waals surface area contributed by atoms with Gasteiger partial charge in [0.2, 0.25) is 0 Å². The van der Waals surface area contributed by atoms with E-state index >= 15 is 0 Å². The number of hydrogen-bond acceptors (Lipinski definition) is 2. The van der Waals surface area contributed by atoms with E-state index in [1.807, 2.05) is 0 Å². The molecule has 0 spiro atoms. The second-order valence-electron chi connectivity index (χ2n) is 7.88. The molecule has 0 aromatic heterocycles. The number of hydrogen-bond donors (Lipinski definition) is 0. The average molecular weight is 350 g/mol. The zero-order chi connectivity index (χ0) is 17.8. The third kappa shape index (κ3) is 10.3. The number of unbranched alkanes of at least 4 members (excludes halogenated alkanes) is 2. The minimum Gasteiger partial charge on any atom is -0.413 e. The number of rotatable bonds is 13. The Morgan fingerprint density at radius 2 is 1.54 bits per heavy atom. The highest BCUT2D eigenvalue weighted by atomic mass is 28.4. The molecule has 1 atom stereocenters. The molecule has 0 N–H and O–H groups in total. The fraction of sp³-hybridized carbons (Fsp3) is 0.714. The van der Waals surface area contributed by atoms with Gasteiger partial charge in [-0.2, -0.15) is 0 Å². The van der Waals surface area contributed by atoms with Crippen LogP contribution in [0.3, 0.4) is 0 Å². The first-order valence-electron chi connectivity index (χ1n) is 9.88. The predicted molar refractivity (Wildman–Crippen MR) is 109 cm³/mol. The second kappa shape index (κ2) is 11.8. The van der Waals surface area contributed by atoms with Crippen molar-refractivity contribution in [1.29, 1.82) is 0 Å². The molecule has 1 aromatic rings. The summed E-state index contributed by atoms with van der Waals surface area (Å²) in [6, 6.07) is 10.8. The number of aryl methyl sites for hydroxylation is 1. The lowest BCUT2D eigenvalue weighted by Crippen LogP contribution is -2.41. The van der Waals surface area contributed by atoms with Crippen molar-refractivity contribution in [3.05, 3.63) is 35.9 Å². The van der Waals surface area contributed by atoms with Crippen LogP contribution in [-0.4, -0.2) is 39.0 Å². The lowest BCUT2D eigenvalue weighted by atomic mass is 10.1. The molecule has 24 heavy (non-hydrogen) atoms. The molecule has 1 rings (SSSR count). The average Bonchev–Trinajstić information content (AvgIpc) is 2.54. The highest BCUT2D eigenvalue weighted by Crippen LogP contribution is 2.15. The Balaban J connectivity index is 2.63. The summed E-state index contributed by atoms with van der Waals surface area (Å²) < 4.78 is 6.55. The van der Waals surface area contributed by atoms with Crippen molar-refractivity contribution in [2.24, 2.45) is 0 Å². The van der Waals surface area contributed by atoms with Gasteiger partial charge in [0.05, 0.1) is 6.10 Å². The van der Waals surface area contributed by atoms with Gasteiger partial charge in [-0.05, 0) is 64.0 Å². The van der Waals surface area contributed by atoms with E-state index in [4.69, 9.17) is 4.43 Å². The van der Waals surface area contributed by atoms with Crippen LogP contribution in [0.1, 0.15) is 51.5 Å². The van der Waals surface area contributed by atoms with Crippen LogP contribution in [0, 0.1) is 0 Å². The largest absolute Gasteiger partial charge is 0.413 e. The first-order valence-corrected chi connectivity index (χ1v) is 13.3. The molecule has 1 aromatic carbocycles. The van der Waals surface area contributed by atoms with Gasteiger partial charge in [0.15, 0.2) is 8.32 Å². The van der Waals surface area contributed by atoms with E-state index in [1.54, 1.807) is 0 Å². The molecule has 3 heteroatoms. The molecule has 0 saturated heterocycles. The van der Waals surface area contributed by atoms with Crippen LogP contribution in [0.2, 0.25) is 19.6 Å². The van der Waals surface area contributed by atoms with Crippen LogP contribution < -0.4 is 0 Å². The van der Waals surface area contributed by atoms with Crippen molar-refractivity contribution in [2.45, 2.75) is 78.1 Å². The first-order chi connectivity index (χ1) is 11.4. The SMILES string of the molecule is CCCCN(CCCC)CC(CCc1ccccc1)O[Si](C)(C)C. The van der Waals surface area contributed by atoms with Crippen molar-refractivity contribution < 1.29 is 4.43 Å². The summed E-state index contributed by atoms with van der Waals surface area (Å²) in [6.07, 6.45) is 7.74. The first kappa shape index (κ1) is 21.4. The van der Waals surface area contributed by atoms with E-state index in [2.05, 4.69) is 68.7 Å². The molecule has 138 valence electrons. The number of nitrogens with zero attached hydrogens (tertiary/aromatic N) is 1. The van der Waals surface area contributed by atoms with Crippen molar-refractivity contribution in [3.63, 3.8) is 0 Å². The minimum absolute atomic E-state index is 0.366. The third-order valence-corrected chi connectivity index (χ3v) is 5.28. The molecule has 2 nitrogen and oxygen atoms in total. The van der Waals surface area contributed by atoms with E-state index in [1.165, 1.54) is 44.3 Å². The van der Waals surface area contributed by atoms with Gasteiger partial charge >= 0.3 is 0 Å². The van der Waals surface area contributed by atoms with Crippen molar-refractivity contribution in [2.75, 3.05) is 19.6 Å². The number of benzene rings is 1. The Kier molecular flexibility index (Phi) is 10.6. The highest BCUT2D eigenvalue weighted by molar-refractivity contribution is 6.69. The summed E-state index contributed by atoms with van der Waals surface area (Å²) in [5.41, 5.74) is 1.43. The smallest absolute Gasteiger partial charge is 0.184 e. The fourth-order valence-corrected chi connectivity index (χ4v) is 4.20. The lowest BCUT2D eigenvalue weighted by Gasteiger charge is -2.32. The minimum atomic E-state index is -1.51. The molecule has 0 aliphatic carbocycles. The Labute approximate surface area is 151 Å². The molecule has 0 amide bonds. The molecule has 0 fully saturated rings. The molecule has 0 saturated carbocycles. The van der Waals surface area contributed by atoms with Crippen LogP contribution >= 0.6 is 0 Å². The van der Waals surface area contributed by atoms with Crippen molar-refractivity contribution >= 4 is 8.32 Å². The Bertz CT molecular complexity index is 408. The van der Waals surface area contributed by atoms with Crippen LogP contribution in [-0.2, 0) is 10.8 Å². The fourth-order valence-electron chi connectivity index (χ4n) is 3.01. The zero-order valence-corrected chi connectivity index (χ0v) is 17.7. The Morgan fingerprint density at radius 3 is 2.04 bits per heavy atom. The van der Waals surface area contributed by atoms with Crippen LogP contribution in [0.5, 0.6) is 0 Å². The van der Waals surface area contributed by atoms with E-state index in [0.29, 0.717) is 6.10 Å². The normalized spacial score (nSPS) is 13.4. The van der Waals surface area contributed by atoms with Crippen LogP contribution in [0.4, 0.5) is 0 Å². The topological polar surface area (TPSA) is 12.5 Å². The molecule has 0 aliphatic rings. The molecular weight excluding hydrogens is 310 g/mol. The molecule has 0 heterocycles. The molecule has 0 bridgehead atoms. The zero-order valence-electron chi connectivity index (χ0n) is 16.7. The molecule has 0 aliphatic heterocycles. The molecule has 0 radical (unpaired) electrons. The summed E-state index contributed by atoms with van der Waals surface area (Å²) in [7, 11) is -1.51. The van der Waals surface area contributed by atoms with E-state index in [-0.39, 0.29) is 0 Å². The Morgan fingerprint density at radius 1 is 0.958 bits per heavy atom. The summed E-state index contributed by atoms with van der Waals surface area (Å²) >= 11 is 0. The molecule has 1 unspecified atom stereocenters. The van der Waals surface area contributed by atoms with Crippen molar-refractivity contribution in [3.8, 4) is 0 Å². The summed E-state index contributed by atoms with van der Waals surface area (Å²) in [5.74, 6) is 0. The van der Waals surface area contributed by atoms with Gasteiger partial charge in [0, 0.05) is 6.54 Å². The lowest BCUT2D eigenvalue weighted by molar-refractivity contribution is 0.117. The van der Waals surface area contributed by atoms with E-state index in [9.17, 15) is 0 Å². The maximum absolute atomic E-state index is 6.55. The summed E-state index contributed by atoms with van der Waals surface area (Å²) in [6.45, 7) is 15.0. The van der Waals surface area contributed by atoms with Gasteiger partial charge in [-0.1, -0.05) is 57.0 Å². The van der Waals surface area contributed by atoms with Gasteiger partial charge in [-0.25, -0.2) is 0 Å². The van der Waals surface area contributed by atoms with Crippen molar-refractivity contribution in [1.82, 2.24) is 4.90 Å². The molecular formula is C21H39NOSi.